The van der Waals surface area contributed by atoms with E-state index in [1.165, 1.54) is 0 Å². The smallest absolute Gasteiger partial charge is 0.336 e. The summed E-state index contributed by atoms with van der Waals surface area (Å²) in [6.07, 6.45) is 4.05. The average molecular weight is 326 g/mol. The highest BCUT2D eigenvalue weighted by atomic mass is 16.5. The van der Waals surface area contributed by atoms with Crippen LogP contribution in [0.3, 0.4) is 0 Å². The fraction of sp³-hybridized carbons (Fsp3) is 0.389. The van der Waals surface area contributed by atoms with Gasteiger partial charge in [0.1, 0.15) is 11.3 Å². The summed E-state index contributed by atoms with van der Waals surface area (Å²) in [6.45, 7) is 2.28. The summed E-state index contributed by atoms with van der Waals surface area (Å²) in [7, 11) is 0. The number of benzene rings is 1. The van der Waals surface area contributed by atoms with Gasteiger partial charge in [-0.15, -0.1) is 10.2 Å². The number of hydrogen-bond donors (Lipinski definition) is 0. The van der Waals surface area contributed by atoms with E-state index in [0.29, 0.717) is 29.0 Å². The molecule has 1 aromatic carbocycles. The van der Waals surface area contributed by atoms with Gasteiger partial charge in [0.15, 0.2) is 6.61 Å². The van der Waals surface area contributed by atoms with E-state index in [1.54, 1.807) is 12.1 Å². The van der Waals surface area contributed by atoms with E-state index >= 15 is 0 Å². The summed E-state index contributed by atoms with van der Waals surface area (Å²) in [5.41, 5.74) is 1.20. The van der Waals surface area contributed by atoms with Crippen molar-refractivity contribution in [2.45, 2.75) is 45.1 Å². The molecule has 1 aliphatic carbocycles. The van der Waals surface area contributed by atoms with Crippen molar-refractivity contribution < 1.29 is 13.6 Å². The van der Waals surface area contributed by atoms with Crippen LogP contribution in [-0.2, 0) is 13.0 Å². The van der Waals surface area contributed by atoms with Crippen LogP contribution >= 0.6 is 0 Å². The number of ether oxygens (including phenoxy) is 1. The van der Waals surface area contributed by atoms with Gasteiger partial charge < -0.3 is 13.6 Å². The van der Waals surface area contributed by atoms with Crippen molar-refractivity contribution in [1.82, 2.24) is 10.2 Å². The maximum absolute atomic E-state index is 11.7. The van der Waals surface area contributed by atoms with E-state index in [4.69, 9.17) is 13.6 Å². The zero-order valence-electron chi connectivity index (χ0n) is 13.4. The fourth-order valence-electron chi connectivity index (χ4n) is 2.74. The molecule has 0 aliphatic heterocycles. The highest BCUT2D eigenvalue weighted by Gasteiger charge is 2.29. The van der Waals surface area contributed by atoms with Crippen molar-refractivity contribution >= 4 is 11.0 Å². The molecule has 1 aliphatic rings. The first kappa shape index (κ1) is 14.9. The van der Waals surface area contributed by atoms with Crippen LogP contribution in [0.15, 0.2) is 37.9 Å². The standard InChI is InChI=1S/C18H18N2O4/c1-2-3-12-8-17(21)23-15-9-13(6-7-14(12)15)22-10-16-19-20-18(24-16)11-4-5-11/h6-9,11H,2-5,10H2,1H3. The number of hydrogen-bond acceptors (Lipinski definition) is 6. The molecule has 0 amide bonds. The quantitative estimate of drug-likeness (QED) is 0.644. The summed E-state index contributed by atoms with van der Waals surface area (Å²) in [5.74, 6) is 2.18. The molecule has 124 valence electrons. The number of fused-ring (bicyclic) bond motifs is 1. The molecule has 1 fully saturated rings. The third-order valence-corrected chi connectivity index (χ3v) is 4.09. The predicted molar refractivity (Wildman–Crippen MR) is 87.1 cm³/mol. The summed E-state index contributed by atoms with van der Waals surface area (Å²) in [5, 5.41) is 8.96. The summed E-state index contributed by atoms with van der Waals surface area (Å²) in [4.78, 5) is 11.7. The Morgan fingerprint density at radius 3 is 2.88 bits per heavy atom. The van der Waals surface area contributed by atoms with Crippen LogP contribution in [0.1, 0.15) is 49.4 Å². The Morgan fingerprint density at radius 1 is 1.21 bits per heavy atom. The van der Waals surface area contributed by atoms with Gasteiger partial charge in [-0.25, -0.2) is 4.79 Å². The third kappa shape index (κ3) is 3.04. The van der Waals surface area contributed by atoms with Crippen molar-refractivity contribution in [3.05, 3.63) is 52.0 Å². The predicted octanol–water partition coefficient (Wildman–Crippen LogP) is 3.58. The molecule has 4 rings (SSSR count). The Hall–Kier alpha value is -2.63. The molecule has 2 aromatic heterocycles. The maximum atomic E-state index is 11.7. The zero-order valence-corrected chi connectivity index (χ0v) is 13.4. The Morgan fingerprint density at radius 2 is 2.08 bits per heavy atom. The van der Waals surface area contributed by atoms with Gasteiger partial charge in [0.2, 0.25) is 5.89 Å². The van der Waals surface area contributed by atoms with E-state index in [-0.39, 0.29) is 12.2 Å². The second-order valence-electron chi connectivity index (χ2n) is 6.10. The minimum Gasteiger partial charge on any atom is -0.484 e. The molecule has 0 bridgehead atoms. The van der Waals surface area contributed by atoms with E-state index < -0.39 is 0 Å². The van der Waals surface area contributed by atoms with Gasteiger partial charge in [-0.3, -0.25) is 0 Å². The lowest BCUT2D eigenvalue weighted by atomic mass is 10.1. The van der Waals surface area contributed by atoms with Gasteiger partial charge in [-0.2, -0.15) is 0 Å². The van der Waals surface area contributed by atoms with Gasteiger partial charge in [0.25, 0.3) is 5.89 Å². The van der Waals surface area contributed by atoms with E-state index in [1.807, 2.05) is 12.1 Å². The van der Waals surface area contributed by atoms with Gasteiger partial charge in [0, 0.05) is 23.4 Å². The van der Waals surface area contributed by atoms with Crippen molar-refractivity contribution in [3.63, 3.8) is 0 Å². The first-order valence-electron chi connectivity index (χ1n) is 8.25. The zero-order chi connectivity index (χ0) is 16.5. The van der Waals surface area contributed by atoms with Crippen molar-refractivity contribution in [2.24, 2.45) is 0 Å². The molecule has 1 saturated carbocycles. The molecule has 6 heteroatoms. The minimum absolute atomic E-state index is 0.199. The highest BCUT2D eigenvalue weighted by Crippen LogP contribution is 2.39. The van der Waals surface area contributed by atoms with Gasteiger partial charge in [0.05, 0.1) is 0 Å². The summed E-state index contributed by atoms with van der Waals surface area (Å²) < 4.78 is 16.6. The Labute approximate surface area is 138 Å². The molecule has 0 saturated heterocycles. The summed E-state index contributed by atoms with van der Waals surface area (Å²) in [6, 6.07) is 7.07. The SMILES string of the molecule is CCCc1cc(=O)oc2cc(OCc3nnc(C4CC4)o3)ccc12. The van der Waals surface area contributed by atoms with Crippen molar-refractivity contribution in [1.29, 1.82) is 0 Å². The van der Waals surface area contributed by atoms with Crippen LogP contribution in [0.2, 0.25) is 0 Å². The van der Waals surface area contributed by atoms with E-state index in [0.717, 1.165) is 36.6 Å². The van der Waals surface area contributed by atoms with Crippen LogP contribution in [0.5, 0.6) is 5.75 Å². The molecule has 0 unspecified atom stereocenters. The van der Waals surface area contributed by atoms with Crippen LogP contribution in [0.25, 0.3) is 11.0 Å². The van der Waals surface area contributed by atoms with Gasteiger partial charge in [-0.05, 0) is 37.0 Å². The van der Waals surface area contributed by atoms with Crippen LogP contribution < -0.4 is 10.4 Å². The average Bonchev–Trinajstić information content (AvgIpc) is 3.31. The number of nitrogens with zero attached hydrogens (tertiary/aromatic N) is 2. The largest absolute Gasteiger partial charge is 0.484 e. The molecule has 0 spiro atoms. The highest BCUT2D eigenvalue weighted by molar-refractivity contribution is 5.81. The van der Waals surface area contributed by atoms with E-state index in [2.05, 4.69) is 17.1 Å². The molecule has 6 nitrogen and oxygen atoms in total. The molecule has 24 heavy (non-hydrogen) atoms. The van der Waals surface area contributed by atoms with Gasteiger partial charge >= 0.3 is 5.63 Å². The Kier molecular flexibility index (Phi) is 3.80. The van der Waals surface area contributed by atoms with Crippen molar-refractivity contribution in [3.8, 4) is 5.75 Å². The molecule has 0 N–H and O–H groups in total. The normalized spacial score (nSPS) is 14.2. The second-order valence-corrected chi connectivity index (χ2v) is 6.10. The molecular formula is C18H18N2O4. The first-order valence-corrected chi connectivity index (χ1v) is 8.25. The summed E-state index contributed by atoms with van der Waals surface area (Å²) >= 11 is 0. The van der Waals surface area contributed by atoms with Crippen LogP contribution in [-0.4, -0.2) is 10.2 Å². The molecular weight excluding hydrogens is 308 g/mol. The lowest BCUT2D eigenvalue weighted by molar-refractivity contribution is 0.259. The molecule has 3 aromatic rings. The monoisotopic (exact) mass is 326 g/mol. The van der Waals surface area contributed by atoms with Crippen molar-refractivity contribution in [2.75, 3.05) is 0 Å². The number of rotatable bonds is 6. The third-order valence-electron chi connectivity index (χ3n) is 4.09. The minimum atomic E-state index is -0.339. The molecule has 0 radical (unpaired) electrons. The van der Waals surface area contributed by atoms with Gasteiger partial charge in [-0.1, -0.05) is 13.3 Å². The Bertz CT molecular complexity index is 924. The first-order chi connectivity index (χ1) is 11.7. The maximum Gasteiger partial charge on any atom is 0.336 e. The lowest BCUT2D eigenvalue weighted by Gasteiger charge is -2.07. The van der Waals surface area contributed by atoms with E-state index in [9.17, 15) is 4.79 Å². The number of aromatic nitrogens is 2. The lowest BCUT2D eigenvalue weighted by Crippen LogP contribution is -2.01. The topological polar surface area (TPSA) is 78.4 Å². The molecule has 2 heterocycles. The molecule has 0 atom stereocenters. The second kappa shape index (κ2) is 6.11. The number of aryl methyl sites for hydroxylation is 1. The van der Waals surface area contributed by atoms with Crippen LogP contribution in [0.4, 0.5) is 0 Å². The Balaban J connectivity index is 1.54. The fourth-order valence-corrected chi connectivity index (χ4v) is 2.74. The van der Waals surface area contributed by atoms with Crippen LogP contribution in [0, 0.1) is 0 Å².